The minimum absolute atomic E-state index is 0.222. The highest BCUT2D eigenvalue weighted by molar-refractivity contribution is 7.98. The van der Waals surface area contributed by atoms with Gasteiger partial charge in [-0.25, -0.2) is 9.97 Å². The molecule has 0 unspecified atom stereocenters. The number of nitrogens with zero attached hydrogens (tertiary/aromatic N) is 2. The van der Waals surface area contributed by atoms with E-state index < -0.39 is 6.10 Å². The zero-order chi connectivity index (χ0) is 13.0. The molecule has 1 aromatic rings. The summed E-state index contributed by atoms with van der Waals surface area (Å²) in [6.45, 7) is 5.42. The summed E-state index contributed by atoms with van der Waals surface area (Å²) in [7, 11) is 0. The smallest absolute Gasteiger partial charge is 0.255 e. The van der Waals surface area contributed by atoms with E-state index in [1.54, 1.807) is 20.8 Å². The Bertz CT molecular complexity index is 421. The summed E-state index contributed by atoms with van der Waals surface area (Å²) in [6, 6.07) is 0. The number of aliphatic hydroxyl groups is 1. The predicted octanol–water partition coefficient (Wildman–Crippen LogP) is 0.926. The van der Waals surface area contributed by atoms with Crippen molar-refractivity contribution < 1.29 is 9.90 Å². The fourth-order valence-electron chi connectivity index (χ4n) is 1.42. The topological polar surface area (TPSA) is 75.1 Å². The van der Waals surface area contributed by atoms with Gasteiger partial charge in [0.25, 0.3) is 5.91 Å². The Hall–Kier alpha value is -1.14. The normalized spacial score (nSPS) is 12.3. The number of aryl methyl sites for hydroxylation is 2. The van der Waals surface area contributed by atoms with Crippen LogP contribution in [0.1, 0.15) is 28.8 Å². The molecule has 1 rings (SSSR count). The summed E-state index contributed by atoms with van der Waals surface area (Å²) in [5, 5.41) is 12.5. The third-order valence-electron chi connectivity index (χ3n) is 2.15. The van der Waals surface area contributed by atoms with Crippen molar-refractivity contribution in [3.63, 3.8) is 0 Å². The van der Waals surface area contributed by atoms with Crippen molar-refractivity contribution in [3.05, 3.63) is 17.1 Å². The Morgan fingerprint density at radius 1 is 1.47 bits per heavy atom. The lowest BCUT2D eigenvalue weighted by molar-refractivity contribution is 0.0919. The maximum absolute atomic E-state index is 11.9. The molecular weight excluding hydrogens is 238 g/mol. The Balaban J connectivity index is 2.99. The predicted molar refractivity (Wildman–Crippen MR) is 67.3 cm³/mol. The molecule has 1 amide bonds. The van der Waals surface area contributed by atoms with Crippen LogP contribution in [-0.4, -0.2) is 39.9 Å². The quantitative estimate of drug-likeness (QED) is 0.618. The van der Waals surface area contributed by atoms with Crippen LogP contribution >= 0.6 is 11.8 Å². The summed E-state index contributed by atoms with van der Waals surface area (Å²) in [6.07, 6.45) is 1.30. The van der Waals surface area contributed by atoms with E-state index in [2.05, 4.69) is 15.3 Å². The average Bonchev–Trinajstić information content (AvgIpc) is 2.24. The van der Waals surface area contributed by atoms with Crippen LogP contribution in [0.5, 0.6) is 0 Å². The van der Waals surface area contributed by atoms with Crippen molar-refractivity contribution in [3.8, 4) is 0 Å². The van der Waals surface area contributed by atoms with Crippen LogP contribution < -0.4 is 5.32 Å². The van der Waals surface area contributed by atoms with Gasteiger partial charge in [0.2, 0.25) is 0 Å². The Kier molecular flexibility index (Phi) is 4.89. The van der Waals surface area contributed by atoms with Crippen molar-refractivity contribution in [1.29, 1.82) is 0 Å². The number of rotatable bonds is 4. The zero-order valence-electron chi connectivity index (χ0n) is 10.4. The second-order valence-electron chi connectivity index (χ2n) is 3.80. The van der Waals surface area contributed by atoms with Crippen LogP contribution in [0, 0.1) is 13.8 Å². The van der Waals surface area contributed by atoms with E-state index in [1.165, 1.54) is 11.8 Å². The largest absolute Gasteiger partial charge is 0.392 e. The fraction of sp³-hybridized carbons (Fsp3) is 0.545. The van der Waals surface area contributed by atoms with E-state index in [1.807, 2.05) is 6.26 Å². The van der Waals surface area contributed by atoms with Crippen LogP contribution in [0.4, 0.5) is 0 Å². The minimum Gasteiger partial charge on any atom is -0.392 e. The summed E-state index contributed by atoms with van der Waals surface area (Å²) >= 11 is 1.41. The monoisotopic (exact) mass is 255 g/mol. The SMILES string of the molecule is CSc1nc(C)nc(C)c1C(=O)NC[C@H](C)O. The molecule has 17 heavy (non-hydrogen) atoms. The first kappa shape index (κ1) is 13.9. The Morgan fingerprint density at radius 2 is 2.12 bits per heavy atom. The van der Waals surface area contributed by atoms with Gasteiger partial charge in [0, 0.05) is 6.54 Å². The van der Waals surface area contributed by atoms with Crippen LogP contribution in [0.3, 0.4) is 0 Å². The van der Waals surface area contributed by atoms with E-state index in [0.717, 1.165) is 0 Å². The number of thioether (sulfide) groups is 1. The molecule has 94 valence electrons. The van der Waals surface area contributed by atoms with Gasteiger partial charge in [-0.1, -0.05) is 0 Å². The first-order valence-electron chi connectivity index (χ1n) is 5.31. The number of carbonyl (C=O) groups is 1. The molecule has 0 aliphatic rings. The van der Waals surface area contributed by atoms with Gasteiger partial charge in [-0.2, -0.15) is 0 Å². The Labute approximate surface area is 105 Å². The molecule has 0 aliphatic heterocycles. The van der Waals surface area contributed by atoms with Gasteiger partial charge in [-0.15, -0.1) is 11.8 Å². The van der Waals surface area contributed by atoms with E-state index in [0.29, 0.717) is 22.1 Å². The lowest BCUT2D eigenvalue weighted by atomic mass is 10.2. The summed E-state index contributed by atoms with van der Waals surface area (Å²) in [5.74, 6) is 0.409. The third kappa shape index (κ3) is 3.67. The zero-order valence-corrected chi connectivity index (χ0v) is 11.3. The van der Waals surface area contributed by atoms with Crippen molar-refractivity contribution in [2.24, 2.45) is 0 Å². The molecule has 0 saturated carbocycles. The highest BCUT2D eigenvalue weighted by atomic mass is 32.2. The van der Waals surface area contributed by atoms with Gasteiger partial charge in [-0.3, -0.25) is 4.79 Å². The van der Waals surface area contributed by atoms with Crippen LogP contribution in [0.25, 0.3) is 0 Å². The molecule has 6 heteroatoms. The lowest BCUT2D eigenvalue weighted by Crippen LogP contribution is -2.31. The molecule has 0 radical (unpaired) electrons. The van der Waals surface area contributed by atoms with Crippen molar-refractivity contribution >= 4 is 17.7 Å². The Morgan fingerprint density at radius 3 is 2.65 bits per heavy atom. The molecule has 1 heterocycles. The molecule has 0 fully saturated rings. The minimum atomic E-state index is -0.566. The summed E-state index contributed by atoms with van der Waals surface area (Å²) < 4.78 is 0. The number of amides is 1. The van der Waals surface area contributed by atoms with Crippen LogP contribution in [0.2, 0.25) is 0 Å². The summed E-state index contributed by atoms with van der Waals surface area (Å²) in [5.41, 5.74) is 1.15. The van der Waals surface area contributed by atoms with E-state index in [9.17, 15) is 4.79 Å². The van der Waals surface area contributed by atoms with Crippen LogP contribution in [0.15, 0.2) is 5.03 Å². The van der Waals surface area contributed by atoms with Gasteiger partial charge >= 0.3 is 0 Å². The maximum atomic E-state index is 11.9. The van der Waals surface area contributed by atoms with E-state index in [4.69, 9.17) is 5.11 Å². The molecule has 2 N–H and O–H groups in total. The maximum Gasteiger partial charge on any atom is 0.255 e. The first-order valence-corrected chi connectivity index (χ1v) is 6.53. The molecule has 0 aromatic carbocycles. The molecule has 0 saturated heterocycles. The molecular formula is C11H17N3O2S. The number of aliphatic hydroxyl groups excluding tert-OH is 1. The molecule has 0 aliphatic carbocycles. The van der Waals surface area contributed by atoms with Crippen LogP contribution in [-0.2, 0) is 0 Å². The van der Waals surface area contributed by atoms with Gasteiger partial charge in [0.1, 0.15) is 10.9 Å². The summed E-state index contributed by atoms with van der Waals surface area (Å²) in [4.78, 5) is 20.4. The molecule has 1 atom stereocenters. The standard InChI is InChI=1S/C11H17N3O2S/c1-6(15)5-12-10(16)9-7(2)13-8(3)14-11(9)17-4/h6,15H,5H2,1-4H3,(H,12,16)/t6-/m0/s1. The van der Waals surface area contributed by atoms with E-state index in [-0.39, 0.29) is 12.5 Å². The molecule has 1 aromatic heterocycles. The number of nitrogens with one attached hydrogen (secondary N) is 1. The highest BCUT2D eigenvalue weighted by Gasteiger charge is 2.17. The van der Waals surface area contributed by atoms with Gasteiger partial charge < -0.3 is 10.4 Å². The number of hydrogen-bond acceptors (Lipinski definition) is 5. The van der Waals surface area contributed by atoms with Gasteiger partial charge in [-0.05, 0) is 27.0 Å². The average molecular weight is 255 g/mol. The molecule has 0 bridgehead atoms. The van der Waals surface area contributed by atoms with Gasteiger partial charge in [0.05, 0.1) is 17.4 Å². The second kappa shape index (κ2) is 5.97. The van der Waals surface area contributed by atoms with Crippen molar-refractivity contribution in [1.82, 2.24) is 15.3 Å². The highest BCUT2D eigenvalue weighted by Crippen LogP contribution is 2.20. The van der Waals surface area contributed by atoms with E-state index >= 15 is 0 Å². The van der Waals surface area contributed by atoms with Crippen molar-refractivity contribution in [2.45, 2.75) is 31.9 Å². The molecule has 5 nitrogen and oxygen atoms in total. The lowest BCUT2D eigenvalue weighted by Gasteiger charge is -2.11. The van der Waals surface area contributed by atoms with Crippen molar-refractivity contribution in [2.75, 3.05) is 12.8 Å². The molecule has 0 spiro atoms. The second-order valence-corrected chi connectivity index (χ2v) is 4.59. The fourth-order valence-corrected chi connectivity index (χ4v) is 2.09. The first-order chi connectivity index (χ1) is 7.95. The number of hydrogen-bond donors (Lipinski definition) is 2. The number of aromatic nitrogens is 2. The number of carbonyl (C=O) groups excluding carboxylic acids is 1. The third-order valence-corrected chi connectivity index (χ3v) is 2.83. The van der Waals surface area contributed by atoms with Gasteiger partial charge in [0.15, 0.2) is 0 Å².